The smallest absolute Gasteiger partial charge is 0.130 e. The largest absolute Gasteiger partial charge is 0.388 e. The van der Waals surface area contributed by atoms with Crippen molar-refractivity contribution in [3.05, 3.63) is 34.6 Å². The molecule has 0 aliphatic heterocycles. The van der Waals surface area contributed by atoms with Crippen molar-refractivity contribution in [3.8, 4) is 0 Å². The summed E-state index contributed by atoms with van der Waals surface area (Å²) in [6, 6.07) is 4.59. The molecule has 18 heavy (non-hydrogen) atoms. The van der Waals surface area contributed by atoms with Crippen molar-refractivity contribution >= 4 is 11.6 Å². The van der Waals surface area contributed by atoms with Crippen LogP contribution >= 0.6 is 11.6 Å². The van der Waals surface area contributed by atoms with Crippen LogP contribution < -0.4 is 0 Å². The zero-order valence-electron chi connectivity index (χ0n) is 10.7. The highest BCUT2D eigenvalue weighted by Crippen LogP contribution is 2.42. The molecule has 1 aliphatic carbocycles. The molecule has 3 heteroatoms. The Morgan fingerprint density at radius 1 is 1.39 bits per heavy atom. The van der Waals surface area contributed by atoms with Gasteiger partial charge in [-0.2, -0.15) is 0 Å². The number of aliphatic hydroxyl groups excluding tert-OH is 1. The van der Waals surface area contributed by atoms with Gasteiger partial charge in [0.1, 0.15) is 5.82 Å². The van der Waals surface area contributed by atoms with E-state index in [1.54, 1.807) is 12.1 Å². The van der Waals surface area contributed by atoms with Crippen molar-refractivity contribution in [2.45, 2.75) is 45.1 Å². The fraction of sp³-hybridized carbons (Fsp3) is 0.600. The first-order valence-corrected chi connectivity index (χ1v) is 7.15. The molecule has 1 aromatic carbocycles. The van der Waals surface area contributed by atoms with E-state index in [1.807, 2.05) is 0 Å². The number of hydrogen-bond donors (Lipinski definition) is 1. The van der Waals surface area contributed by atoms with Gasteiger partial charge in [0.2, 0.25) is 0 Å². The van der Waals surface area contributed by atoms with E-state index < -0.39 is 11.9 Å². The quantitative estimate of drug-likeness (QED) is 0.842. The molecule has 100 valence electrons. The number of aliphatic hydroxyl groups is 1. The summed E-state index contributed by atoms with van der Waals surface area (Å²) in [5.41, 5.74) is 0.282. The number of benzene rings is 1. The predicted octanol–water partition coefficient (Wildman–Crippen LogP) is 4.73. The molecule has 1 nitrogen and oxygen atoms in total. The van der Waals surface area contributed by atoms with Gasteiger partial charge >= 0.3 is 0 Å². The van der Waals surface area contributed by atoms with Gasteiger partial charge in [0, 0.05) is 10.6 Å². The number of hydrogen-bond acceptors (Lipinski definition) is 1. The summed E-state index contributed by atoms with van der Waals surface area (Å²) in [6.07, 6.45) is 4.68. The van der Waals surface area contributed by atoms with Gasteiger partial charge in [-0.15, -0.1) is 0 Å². The fourth-order valence-corrected chi connectivity index (χ4v) is 3.44. The molecule has 0 saturated heterocycles. The summed E-state index contributed by atoms with van der Waals surface area (Å²) in [4.78, 5) is 0. The maximum absolute atomic E-state index is 13.8. The molecular weight excluding hydrogens is 251 g/mol. The topological polar surface area (TPSA) is 20.2 Å². The van der Waals surface area contributed by atoms with E-state index in [9.17, 15) is 9.50 Å². The van der Waals surface area contributed by atoms with E-state index in [0.29, 0.717) is 10.9 Å². The van der Waals surface area contributed by atoms with E-state index in [-0.39, 0.29) is 11.5 Å². The van der Waals surface area contributed by atoms with E-state index in [2.05, 4.69) is 6.92 Å². The summed E-state index contributed by atoms with van der Waals surface area (Å²) in [5, 5.41) is 10.8. The van der Waals surface area contributed by atoms with Gasteiger partial charge in [-0.05, 0) is 30.4 Å². The van der Waals surface area contributed by atoms with E-state index in [4.69, 9.17) is 11.6 Å². The average molecular weight is 271 g/mol. The van der Waals surface area contributed by atoms with Crippen LogP contribution in [0.3, 0.4) is 0 Å². The molecule has 2 rings (SSSR count). The Balaban J connectivity index is 2.26. The van der Waals surface area contributed by atoms with Crippen molar-refractivity contribution < 1.29 is 9.50 Å². The highest BCUT2D eigenvalue weighted by atomic mass is 35.5. The molecule has 1 aromatic rings. The summed E-state index contributed by atoms with van der Waals surface area (Å²) in [5.74, 6) is 0.220. The number of halogens is 2. The van der Waals surface area contributed by atoms with Crippen LogP contribution in [0.25, 0.3) is 0 Å². The Hall–Kier alpha value is -0.600. The molecule has 0 spiro atoms. The van der Waals surface area contributed by atoms with Crippen LogP contribution in [0.5, 0.6) is 0 Å². The number of rotatable bonds is 3. The van der Waals surface area contributed by atoms with Crippen LogP contribution in [0, 0.1) is 17.7 Å². The van der Waals surface area contributed by atoms with Crippen LogP contribution in [0.1, 0.15) is 50.7 Å². The summed E-state index contributed by atoms with van der Waals surface area (Å²) < 4.78 is 13.8. The van der Waals surface area contributed by atoms with Crippen molar-refractivity contribution in [3.63, 3.8) is 0 Å². The molecule has 1 aliphatic rings. The first-order chi connectivity index (χ1) is 8.65. The zero-order valence-corrected chi connectivity index (χ0v) is 11.5. The summed E-state index contributed by atoms with van der Waals surface area (Å²) >= 11 is 6.03. The van der Waals surface area contributed by atoms with E-state index in [1.165, 1.54) is 12.5 Å². The summed E-state index contributed by atoms with van der Waals surface area (Å²) in [6.45, 7) is 2.14. The maximum Gasteiger partial charge on any atom is 0.130 e. The van der Waals surface area contributed by atoms with Crippen molar-refractivity contribution in [1.29, 1.82) is 0 Å². The van der Waals surface area contributed by atoms with Crippen molar-refractivity contribution in [2.24, 2.45) is 11.8 Å². The minimum atomic E-state index is -0.774. The molecule has 1 fully saturated rings. The monoisotopic (exact) mass is 270 g/mol. The maximum atomic E-state index is 13.8. The lowest BCUT2D eigenvalue weighted by molar-refractivity contribution is 0.0428. The van der Waals surface area contributed by atoms with Gasteiger partial charge in [0.25, 0.3) is 0 Å². The van der Waals surface area contributed by atoms with E-state index >= 15 is 0 Å². The first kappa shape index (κ1) is 13.8. The van der Waals surface area contributed by atoms with Crippen LogP contribution in [0.4, 0.5) is 4.39 Å². The van der Waals surface area contributed by atoms with Gasteiger partial charge < -0.3 is 5.11 Å². The third kappa shape index (κ3) is 2.70. The lowest BCUT2D eigenvalue weighted by Crippen LogP contribution is -2.26. The second-order valence-corrected chi connectivity index (χ2v) is 5.60. The lowest BCUT2D eigenvalue weighted by Gasteiger charge is -2.34. The van der Waals surface area contributed by atoms with Gasteiger partial charge in [-0.25, -0.2) is 4.39 Å². The highest BCUT2D eigenvalue weighted by Gasteiger charge is 2.32. The van der Waals surface area contributed by atoms with Crippen LogP contribution in [-0.2, 0) is 0 Å². The molecule has 3 atom stereocenters. The van der Waals surface area contributed by atoms with E-state index in [0.717, 1.165) is 25.7 Å². The van der Waals surface area contributed by atoms with Gasteiger partial charge in [0.05, 0.1) is 6.10 Å². The van der Waals surface area contributed by atoms with Crippen LogP contribution in [-0.4, -0.2) is 5.11 Å². The molecule has 0 bridgehead atoms. The normalized spacial score (nSPS) is 26.0. The first-order valence-electron chi connectivity index (χ1n) is 6.77. The van der Waals surface area contributed by atoms with Gasteiger partial charge in [-0.3, -0.25) is 0 Å². The second kappa shape index (κ2) is 6.03. The highest BCUT2D eigenvalue weighted by molar-refractivity contribution is 6.31. The Bertz CT molecular complexity index is 387. The minimum Gasteiger partial charge on any atom is -0.388 e. The predicted molar refractivity (Wildman–Crippen MR) is 72.1 cm³/mol. The van der Waals surface area contributed by atoms with Gasteiger partial charge in [-0.1, -0.05) is 50.3 Å². The third-order valence-corrected chi connectivity index (χ3v) is 4.52. The summed E-state index contributed by atoms with van der Waals surface area (Å²) in [7, 11) is 0. The lowest BCUT2D eigenvalue weighted by atomic mass is 9.73. The molecular formula is C15H20ClFO. The second-order valence-electron chi connectivity index (χ2n) is 5.20. The van der Waals surface area contributed by atoms with Gasteiger partial charge in [0.15, 0.2) is 0 Å². The molecule has 0 aromatic heterocycles. The molecule has 1 saturated carbocycles. The molecule has 0 heterocycles. The Labute approximate surface area is 113 Å². The Morgan fingerprint density at radius 2 is 2.11 bits per heavy atom. The molecule has 1 N–H and O–H groups in total. The standard InChI is InChI=1S/C15H20ClFO/c1-2-10-6-3-4-7-11(10)15(18)14-12(16)8-5-9-13(14)17/h5,8-11,15,18H,2-4,6-7H2,1H3. The molecule has 0 amide bonds. The molecule has 3 unspecified atom stereocenters. The Kier molecular flexibility index (Phi) is 4.63. The third-order valence-electron chi connectivity index (χ3n) is 4.19. The zero-order chi connectivity index (χ0) is 13.1. The van der Waals surface area contributed by atoms with Crippen LogP contribution in [0.2, 0.25) is 5.02 Å². The minimum absolute atomic E-state index is 0.137. The average Bonchev–Trinajstić information content (AvgIpc) is 2.38. The Morgan fingerprint density at radius 3 is 2.78 bits per heavy atom. The SMILES string of the molecule is CCC1CCCCC1C(O)c1c(F)cccc1Cl. The van der Waals surface area contributed by atoms with Crippen molar-refractivity contribution in [1.82, 2.24) is 0 Å². The molecule has 0 radical (unpaired) electrons. The van der Waals surface area contributed by atoms with Crippen molar-refractivity contribution in [2.75, 3.05) is 0 Å². The fourth-order valence-electron chi connectivity index (χ4n) is 3.17. The van der Waals surface area contributed by atoms with Crippen LogP contribution in [0.15, 0.2) is 18.2 Å².